The van der Waals surface area contributed by atoms with Gasteiger partial charge in [0.25, 0.3) is 0 Å². The van der Waals surface area contributed by atoms with Crippen molar-refractivity contribution in [3.8, 4) is 17.2 Å². The number of phenols is 1. The van der Waals surface area contributed by atoms with Crippen molar-refractivity contribution in [3.05, 3.63) is 29.3 Å². The number of aromatic hydroxyl groups is 1. The smallest absolute Gasteiger partial charge is 0.234 e. The number of methoxy groups -OCH3 is 1. The van der Waals surface area contributed by atoms with Gasteiger partial charge in [0.05, 0.1) is 31.3 Å². The van der Waals surface area contributed by atoms with E-state index >= 15 is 0 Å². The van der Waals surface area contributed by atoms with E-state index in [0.717, 1.165) is 31.2 Å². The first-order valence-corrected chi connectivity index (χ1v) is 11.7. The molecule has 1 saturated carbocycles. The van der Waals surface area contributed by atoms with Crippen molar-refractivity contribution >= 4 is 16.6 Å². The molecule has 1 saturated heterocycles. The molecule has 1 aliphatic carbocycles. The molecule has 10 nitrogen and oxygen atoms in total. The molecule has 1 heterocycles. The Balaban J connectivity index is 1.88. The van der Waals surface area contributed by atoms with Crippen LogP contribution < -0.4 is 9.47 Å². The van der Waals surface area contributed by atoms with Crippen molar-refractivity contribution < 1.29 is 49.6 Å². The number of phenolic OH excluding ortho intramolecular Hbond substituents is 1. The second-order valence-corrected chi connectivity index (χ2v) is 9.34. The van der Waals surface area contributed by atoms with Crippen molar-refractivity contribution in [2.24, 2.45) is 0 Å². The summed E-state index contributed by atoms with van der Waals surface area (Å²) < 4.78 is 16.8. The fourth-order valence-electron chi connectivity index (χ4n) is 5.18. The zero-order valence-corrected chi connectivity index (χ0v) is 19.7. The van der Waals surface area contributed by atoms with Gasteiger partial charge in [0.1, 0.15) is 35.6 Å². The molecular weight excluding hydrogens is 460 g/mol. The van der Waals surface area contributed by atoms with Crippen molar-refractivity contribution in [2.75, 3.05) is 20.3 Å². The summed E-state index contributed by atoms with van der Waals surface area (Å²) in [6.45, 7) is -0.350. The van der Waals surface area contributed by atoms with E-state index in [1.807, 2.05) is 6.07 Å². The summed E-state index contributed by atoms with van der Waals surface area (Å²) in [4.78, 5) is 12.6. The molecule has 2 aromatic rings. The van der Waals surface area contributed by atoms with Crippen LogP contribution in [0.5, 0.6) is 17.2 Å². The summed E-state index contributed by atoms with van der Waals surface area (Å²) in [5.74, 6) is -0.176. The van der Waals surface area contributed by atoms with Crippen molar-refractivity contribution in [1.82, 2.24) is 0 Å². The molecule has 1 aliphatic heterocycles. The summed E-state index contributed by atoms with van der Waals surface area (Å²) in [6, 6.07) is 4.92. The van der Waals surface area contributed by atoms with Gasteiger partial charge in [0.2, 0.25) is 6.29 Å². The highest BCUT2D eigenvalue weighted by molar-refractivity contribution is 6.07. The molecule has 192 valence electrons. The molecule has 0 spiro atoms. The molecule has 0 aromatic heterocycles. The highest BCUT2D eigenvalue weighted by Gasteiger charge is 2.56. The maximum absolute atomic E-state index is 12.6. The average molecular weight is 493 g/mol. The lowest BCUT2D eigenvalue weighted by Crippen LogP contribution is -2.69. The number of ether oxygens (including phenoxy) is 3. The van der Waals surface area contributed by atoms with Crippen LogP contribution in [-0.2, 0) is 4.74 Å². The number of fused-ring (bicyclic) bond motifs is 1. The fraction of sp³-hybridized carbons (Fsp3) is 0.560. The predicted octanol–water partition coefficient (Wildman–Crippen LogP) is 0.955. The molecule has 0 radical (unpaired) electrons. The first kappa shape index (κ1) is 25.6. The number of rotatable bonds is 7. The van der Waals surface area contributed by atoms with E-state index in [1.54, 1.807) is 6.07 Å². The van der Waals surface area contributed by atoms with Gasteiger partial charge >= 0.3 is 0 Å². The van der Waals surface area contributed by atoms with E-state index < -0.39 is 43.4 Å². The Kier molecular flexibility index (Phi) is 7.23. The Bertz CT molecular complexity index is 1100. The fourth-order valence-corrected chi connectivity index (χ4v) is 5.18. The minimum absolute atomic E-state index is 0.0468. The molecule has 2 fully saturated rings. The molecule has 2 aliphatic rings. The molecule has 35 heavy (non-hydrogen) atoms. The number of Topliss-reactive ketones (excluding diaryl/α,β-unsaturated/α-hetero) is 1. The number of carbonyl (C=O) groups is 1. The first-order valence-electron chi connectivity index (χ1n) is 11.7. The van der Waals surface area contributed by atoms with E-state index in [9.17, 15) is 35.4 Å². The van der Waals surface area contributed by atoms with Gasteiger partial charge < -0.3 is 44.8 Å². The molecule has 0 unspecified atom stereocenters. The van der Waals surface area contributed by atoms with Crippen molar-refractivity contribution in [3.63, 3.8) is 0 Å². The van der Waals surface area contributed by atoms with Gasteiger partial charge in [-0.25, -0.2) is 0 Å². The number of benzene rings is 2. The Labute approximate surface area is 202 Å². The Morgan fingerprint density at radius 1 is 1.17 bits per heavy atom. The summed E-state index contributed by atoms with van der Waals surface area (Å²) in [5.41, 5.74) is -1.52. The van der Waals surface area contributed by atoms with Crippen molar-refractivity contribution in [2.45, 2.75) is 68.7 Å². The standard InChI is InChI=1S/C25H32O10/c1-12(28)19-16(13-5-3-4-6-13)8-14-7-15(33-2)9-17(20(14)22(19)30)34-24-25(32,11-27)23(31)21(29)18(10-26)35-24/h7-9,13,18,21,23-24,26-27,29-32H,3-6,10-11H2,1-2H3/t18-,21-,23+,24-,25-/m1/s1. The lowest BCUT2D eigenvalue weighted by Gasteiger charge is -2.46. The van der Waals surface area contributed by atoms with Gasteiger partial charge in [0, 0.05) is 6.07 Å². The van der Waals surface area contributed by atoms with Crippen LogP contribution >= 0.6 is 0 Å². The Morgan fingerprint density at radius 3 is 2.43 bits per heavy atom. The number of aliphatic hydroxyl groups is 5. The third kappa shape index (κ3) is 4.35. The van der Waals surface area contributed by atoms with E-state index in [4.69, 9.17) is 14.2 Å². The molecular formula is C25H32O10. The number of hydrogen-bond acceptors (Lipinski definition) is 10. The Morgan fingerprint density at radius 2 is 1.86 bits per heavy atom. The van der Waals surface area contributed by atoms with Crippen LogP contribution in [0.2, 0.25) is 0 Å². The van der Waals surface area contributed by atoms with E-state index in [-0.39, 0.29) is 34.1 Å². The zero-order chi connectivity index (χ0) is 25.5. The molecule has 5 atom stereocenters. The van der Waals surface area contributed by atoms with E-state index in [2.05, 4.69) is 0 Å². The minimum atomic E-state index is -2.46. The van der Waals surface area contributed by atoms with Gasteiger partial charge in [-0.1, -0.05) is 12.8 Å². The summed E-state index contributed by atoms with van der Waals surface area (Å²) in [5, 5.41) is 62.8. The monoisotopic (exact) mass is 492 g/mol. The van der Waals surface area contributed by atoms with Gasteiger partial charge in [-0.15, -0.1) is 0 Å². The summed E-state index contributed by atoms with van der Waals surface area (Å²) >= 11 is 0. The highest BCUT2D eigenvalue weighted by atomic mass is 16.7. The third-order valence-electron chi connectivity index (χ3n) is 7.15. The quantitative estimate of drug-likeness (QED) is 0.306. The van der Waals surface area contributed by atoms with Crippen molar-refractivity contribution in [1.29, 1.82) is 0 Å². The maximum atomic E-state index is 12.6. The number of ketones is 1. The van der Waals surface area contributed by atoms with Gasteiger partial charge in [-0.3, -0.25) is 4.79 Å². The normalized spacial score (nSPS) is 29.5. The summed E-state index contributed by atoms with van der Waals surface area (Å²) in [7, 11) is 1.44. The minimum Gasteiger partial charge on any atom is -0.506 e. The second-order valence-electron chi connectivity index (χ2n) is 9.34. The second kappa shape index (κ2) is 9.88. The average Bonchev–Trinajstić information content (AvgIpc) is 3.38. The van der Waals surface area contributed by atoms with Crippen LogP contribution in [0.25, 0.3) is 10.8 Å². The van der Waals surface area contributed by atoms with Crippen LogP contribution in [0, 0.1) is 0 Å². The molecule has 4 rings (SSSR count). The lowest BCUT2D eigenvalue weighted by atomic mass is 9.86. The number of hydrogen-bond donors (Lipinski definition) is 6. The van der Waals surface area contributed by atoms with E-state index in [1.165, 1.54) is 20.1 Å². The molecule has 6 N–H and O–H groups in total. The third-order valence-corrected chi connectivity index (χ3v) is 7.15. The van der Waals surface area contributed by atoms with Crippen LogP contribution in [0.4, 0.5) is 0 Å². The molecule has 10 heteroatoms. The topological polar surface area (TPSA) is 166 Å². The van der Waals surface area contributed by atoms with Crippen LogP contribution in [0.1, 0.15) is 54.4 Å². The molecule has 0 bridgehead atoms. The van der Waals surface area contributed by atoms with Crippen LogP contribution in [0.3, 0.4) is 0 Å². The highest BCUT2D eigenvalue weighted by Crippen LogP contribution is 2.46. The van der Waals surface area contributed by atoms with Crippen LogP contribution in [-0.4, -0.2) is 86.9 Å². The van der Waals surface area contributed by atoms with Crippen LogP contribution in [0.15, 0.2) is 18.2 Å². The van der Waals surface area contributed by atoms with Gasteiger partial charge in [-0.05, 0) is 48.8 Å². The largest absolute Gasteiger partial charge is 0.506 e. The molecule has 0 amide bonds. The lowest BCUT2D eigenvalue weighted by molar-refractivity contribution is -0.327. The number of carbonyl (C=O) groups excluding carboxylic acids is 1. The SMILES string of the molecule is COc1cc(O[C@@H]2O[C@H](CO)[C@@H](O)[C@H](O)[C@]2(O)CO)c2c(O)c(C(C)=O)c(C3CCCC3)cc2c1. The predicted molar refractivity (Wildman–Crippen MR) is 124 cm³/mol. The number of aliphatic hydroxyl groups excluding tert-OH is 4. The van der Waals surface area contributed by atoms with Gasteiger partial charge in [0.15, 0.2) is 11.4 Å². The zero-order valence-electron chi connectivity index (χ0n) is 19.7. The first-order chi connectivity index (χ1) is 16.7. The summed E-state index contributed by atoms with van der Waals surface area (Å²) in [6.07, 6.45) is -2.77. The van der Waals surface area contributed by atoms with Gasteiger partial charge in [-0.2, -0.15) is 0 Å². The Hall–Kier alpha value is -2.47. The maximum Gasteiger partial charge on any atom is 0.234 e. The van der Waals surface area contributed by atoms with E-state index in [0.29, 0.717) is 11.1 Å². The molecule has 2 aromatic carbocycles.